The molecule has 4 nitrogen and oxygen atoms in total. The predicted octanol–water partition coefficient (Wildman–Crippen LogP) is 5.48. The van der Waals surface area contributed by atoms with Crippen molar-refractivity contribution in [3.63, 3.8) is 0 Å². The van der Waals surface area contributed by atoms with Gasteiger partial charge in [0.15, 0.2) is 5.82 Å². The van der Waals surface area contributed by atoms with E-state index in [0.29, 0.717) is 31.7 Å². The lowest BCUT2D eigenvalue weighted by atomic mass is 9.89. The Morgan fingerprint density at radius 2 is 2.26 bits per heavy atom. The summed E-state index contributed by atoms with van der Waals surface area (Å²) >= 11 is 13.8. The number of rotatable bonds is 2. The van der Waals surface area contributed by atoms with Crippen LogP contribution < -0.4 is 5.56 Å². The lowest BCUT2D eigenvalue weighted by Gasteiger charge is -2.17. The molecule has 1 unspecified atom stereocenters. The molecule has 2 aromatic heterocycles. The van der Waals surface area contributed by atoms with Crippen LogP contribution in [-0.2, 0) is 12.8 Å². The molecule has 1 aromatic carbocycles. The molecule has 0 aliphatic heterocycles. The summed E-state index contributed by atoms with van der Waals surface area (Å²) in [6.45, 7) is 2.22. The number of aromatic amines is 1. The van der Waals surface area contributed by atoms with Crippen LogP contribution in [0.1, 0.15) is 35.2 Å². The van der Waals surface area contributed by atoms with Gasteiger partial charge in [-0.3, -0.25) is 4.79 Å². The molecule has 1 atom stereocenters. The van der Waals surface area contributed by atoms with Gasteiger partial charge in [0.25, 0.3) is 5.56 Å². The first kappa shape index (κ1) is 18.2. The Labute approximate surface area is 170 Å². The fourth-order valence-corrected chi connectivity index (χ4v) is 5.16. The molecule has 1 N–H and O–H groups in total. The third-order valence-electron chi connectivity index (χ3n) is 4.82. The molecule has 136 valence electrons. The Bertz CT molecular complexity index is 1190. The molecule has 0 amide bonds. The highest BCUT2D eigenvalue weighted by Crippen LogP contribution is 2.36. The standard InChI is InChI=1S/C20H15Cl2N3OS/c1-10-5-6-13-15(7-10)27-20-16(13)19(26)24-18(25-20)12(9-23)8-11-3-2-4-14(21)17(11)22/h2-4,8,10H,5-7H2,1H3,(H,24,25,26). The van der Waals surface area contributed by atoms with E-state index < -0.39 is 0 Å². The predicted molar refractivity (Wildman–Crippen MR) is 111 cm³/mol. The molecule has 0 bridgehead atoms. The van der Waals surface area contributed by atoms with Crippen molar-refractivity contribution in [2.24, 2.45) is 5.92 Å². The highest BCUT2D eigenvalue weighted by Gasteiger charge is 2.23. The van der Waals surface area contributed by atoms with Crippen molar-refractivity contribution in [1.29, 1.82) is 5.26 Å². The van der Waals surface area contributed by atoms with Crippen LogP contribution in [0.4, 0.5) is 0 Å². The molecule has 1 aliphatic carbocycles. The lowest BCUT2D eigenvalue weighted by molar-refractivity contribution is 0.509. The van der Waals surface area contributed by atoms with E-state index in [-0.39, 0.29) is 17.0 Å². The van der Waals surface area contributed by atoms with Crippen LogP contribution in [0.2, 0.25) is 10.0 Å². The van der Waals surface area contributed by atoms with Gasteiger partial charge in [-0.25, -0.2) is 4.98 Å². The van der Waals surface area contributed by atoms with Crippen molar-refractivity contribution in [1.82, 2.24) is 9.97 Å². The number of hydrogen-bond acceptors (Lipinski definition) is 4. The quantitative estimate of drug-likeness (QED) is 0.563. The average molecular weight is 416 g/mol. The second-order valence-corrected chi connectivity index (χ2v) is 8.63. The molecule has 0 spiro atoms. The summed E-state index contributed by atoms with van der Waals surface area (Å²) in [6, 6.07) is 7.29. The number of hydrogen-bond donors (Lipinski definition) is 1. The third-order valence-corrected chi connectivity index (χ3v) is 6.80. The first-order chi connectivity index (χ1) is 13.0. The summed E-state index contributed by atoms with van der Waals surface area (Å²) in [4.78, 5) is 22.0. The SMILES string of the molecule is CC1CCc2c(sc3nc(C(C#N)=Cc4cccc(Cl)c4Cl)[nH]c(=O)c23)C1. The number of benzene rings is 1. The van der Waals surface area contributed by atoms with E-state index in [4.69, 9.17) is 23.2 Å². The van der Waals surface area contributed by atoms with Crippen molar-refractivity contribution in [2.45, 2.75) is 26.2 Å². The number of nitriles is 1. The van der Waals surface area contributed by atoms with Gasteiger partial charge in [-0.1, -0.05) is 42.3 Å². The number of aryl methyl sites for hydroxylation is 1. The maximum absolute atomic E-state index is 12.7. The zero-order valence-corrected chi connectivity index (χ0v) is 16.8. The Morgan fingerprint density at radius 3 is 3.04 bits per heavy atom. The normalized spacial score (nSPS) is 17.0. The molecule has 7 heteroatoms. The highest BCUT2D eigenvalue weighted by molar-refractivity contribution is 7.18. The summed E-state index contributed by atoms with van der Waals surface area (Å²) in [5.41, 5.74) is 1.76. The smallest absolute Gasteiger partial charge is 0.260 e. The van der Waals surface area contributed by atoms with E-state index in [1.807, 2.05) is 0 Å². The van der Waals surface area contributed by atoms with Crippen molar-refractivity contribution >= 4 is 56.4 Å². The maximum Gasteiger partial charge on any atom is 0.260 e. The number of fused-ring (bicyclic) bond motifs is 3. The van der Waals surface area contributed by atoms with E-state index in [0.717, 1.165) is 24.8 Å². The van der Waals surface area contributed by atoms with E-state index >= 15 is 0 Å². The van der Waals surface area contributed by atoms with Crippen molar-refractivity contribution in [3.8, 4) is 6.07 Å². The van der Waals surface area contributed by atoms with Crippen LogP contribution in [0.3, 0.4) is 0 Å². The molecule has 27 heavy (non-hydrogen) atoms. The molecule has 0 radical (unpaired) electrons. The first-order valence-electron chi connectivity index (χ1n) is 8.58. The van der Waals surface area contributed by atoms with E-state index in [1.165, 1.54) is 4.88 Å². The Hall–Kier alpha value is -2.13. The number of halogens is 2. The largest absolute Gasteiger partial charge is 0.305 e. The molecule has 2 heterocycles. The molecule has 0 saturated heterocycles. The Kier molecular flexibility index (Phi) is 4.81. The minimum absolute atomic E-state index is 0.194. The van der Waals surface area contributed by atoms with Crippen molar-refractivity contribution in [2.75, 3.05) is 0 Å². The molecular formula is C20H15Cl2N3OS. The fraction of sp³-hybridized carbons (Fsp3) is 0.250. The molecule has 0 fully saturated rings. The molecular weight excluding hydrogens is 401 g/mol. The van der Waals surface area contributed by atoms with Crippen LogP contribution in [0.15, 0.2) is 23.0 Å². The van der Waals surface area contributed by atoms with Crippen molar-refractivity contribution in [3.05, 3.63) is 60.4 Å². The summed E-state index contributed by atoms with van der Waals surface area (Å²) < 4.78 is 0. The number of H-pyrrole nitrogens is 1. The van der Waals surface area contributed by atoms with Crippen LogP contribution in [-0.4, -0.2) is 9.97 Å². The fourth-order valence-electron chi connectivity index (χ4n) is 3.42. The van der Waals surface area contributed by atoms with E-state index in [2.05, 4.69) is 23.0 Å². The third kappa shape index (κ3) is 3.29. The first-order valence-corrected chi connectivity index (χ1v) is 10.2. The number of allylic oxidation sites excluding steroid dienone is 1. The van der Waals surface area contributed by atoms with Gasteiger partial charge in [0.1, 0.15) is 10.9 Å². The van der Waals surface area contributed by atoms with Gasteiger partial charge in [0.05, 0.1) is 21.0 Å². The number of nitrogens with zero attached hydrogens (tertiary/aromatic N) is 2. The second kappa shape index (κ2) is 7.12. The summed E-state index contributed by atoms with van der Waals surface area (Å²) in [5, 5.41) is 11.0. The van der Waals surface area contributed by atoms with Gasteiger partial charge in [-0.05, 0) is 48.4 Å². The van der Waals surface area contributed by atoms with Gasteiger partial charge in [0, 0.05) is 4.88 Å². The topological polar surface area (TPSA) is 69.5 Å². The summed E-state index contributed by atoms with van der Waals surface area (Å²) in [7, 11) is 0. The van der Waals surface area contributed by atoms with Crippen LogP contribution in [0, 0.1) is 17.2 Å². The van der Waals surface area contributed by atoms with Crippen LogP contribution in [0.5, 0.6) is 0 Å². The van der Waals surface area contributed by atoms with Crippen molar-refractivity contribution < 1.29 is 0 Å². The van der Waals surface area contributed by atoms with E-state index in [1.54, 1.807) is 35.6 Å². The molecule has 3 aromatic rings. The van der Waals surface area contributed by atoms with Gasteiger partial charge in [-0.15, -0.1) is 11.3 Å². The Balaban J connectivity index is 1.86. The molecule has 0 saturated carbocycles. The monoisotopic (exact) mass is 415 g/mol. The molecule has 4 rings (SSSR count). The minimum Gasteiger partial charge on any atom is -0.305 e. The Morgan fingerprint density at radius 1 is 1.44 bits per heavy atom. The highest BCUT2D eigenvalue weighted by atomic mass is 35.5. The minimum atomic E-state index is -0.194. The van der Waals surface area contributed by atoms with Gasteiger partial charge < -0.3 is 4.98 Å². The zero-order valence-electron chi connectivity index (χ0n) is 14.5. The zero-order chi connectivity index (χ0) is 19.1. The van der Waals surface area contributed by atoms with Crippen LogP contribution in [0.25, 0.3) is 21.9 Å². The number of thiophene rings is 1. The van der Waals surface area contributed by atoms with Crippen LogP contribution >= 0.6 is 34.5 Å². The number of aromatic nitrogens is 2. The van der Waals surface area contributed by atoms with E-state index in [9.17, 15) is 10.1 Å². The summed E-state index contributed by atoms with van der Waals surface area (Å²) in [5.74, 6) is 0.862. The molecule has 1 aliphatic rings. The van der Waals surface area contributed by atoms with Gasteiger partial charge >= 0.3 is 0 Å². The second-order valence-electron chi connectivity index (χ2n) is 6.76. The number of nitrogens with one attached hydrogen (secondary N) is 1. The maximum atomic E-state index is 12.7. The van der Waals surface area contributed by atoms with Gasteiger partial charge in [-0.2, -0.15) is 5.26 Å². The lowest BCUT2D eigenvalue weighted by Crippen LogP contribution is -2.14. The summed E-state index contributed by atoms with van der Waals surface area (Å²) in [6.07, 6.45) is 4.55. The van der Waals surface area contributed by atoms with Gasteiger partial charge in [0.2, 0.25) is 0 Å². The average Bonchev–Trinajstić information content (AvgIpc) is 3.00.